The molecule has 5 aromatic rings. The van der Waals surface area contributed by atoms with Crippen molar-refractivity contribution in [2.24, 2.45) is 0 Å². The summed E-state index contributed by atoms with van der Waals surface area (Å²) in [6.07, 6.45) is 1.52. The Morgan fingerprint density at radius 1 is 1.20 bits per heavy atom. The number of nitrogens with zero attached hydrogens (tertiary/aromatic N) is 5. The maximum absolute atomic E-state index is 13.2. The summed E-state index contributed by atoms with van der Waals surface area (Å²) in [6.45, 7) is 1.42. The van der Waals surface area contributed by atoms with Gasteiger partial charge >= 0.3 is 0 Å². The van der Waals surface area contributed by atoms with Crippen LogP contribution in [0.15, 0.2) is 67.4 Å². The zero-order valence-corrected chi connectivity index (χ0v) is 21.7. The number of aliphatic hydroxyl groups excluding tert-OH is 2. The summed E-state index contributed by atoms with van der Waals surface area (Å²) in [5.41, 5.74) is 2.88. The molecular weight excluding hydrogens is 532 g/mol. The summed E-state index contributed by atoms with van der Waals surface area (Å²) in [7, 11) is 0. The molecule has 14 nitrogen and oxygen atoms in total. The van der Waals surface area contributed by atoms with Crippen LogP contribution in [0.4, 0.5) is 11.5 Å². The Hall–Kier alpha value is -4.92. The van der Waals surface area contributed by atoms with Crippen LogP contribution in [0.25, 0.3) is 22.1 Å². The van der Waals surface area contributed by atoms with Crippen molar-refractivity contribution in [3.05, 3.63) is 88.6 Å². The molecule has 0 spiro atoms. The van der Waals surface area contributed by atoms with Gasteiger partial charge in [0.25, 0.3) is 11.6 Å². The van der Waals surface area contributed by atoms with E-state index in [4.69, 9.17) is 4.74 Å². The highest BCUT2D eigenvalue weighted by atomic mass is 16.6. The van der Waals surface area contributed by atoms with E-state index in [1.165, 1.54) is 24.8 Å². The lowest BCUT2D eigenvalue weighted by molar-refractivity contribution is -0.384. The van der Waals surface area contributed by atoms with Gasteiger partial charge in [0.2, 0.25) is 0 Å². The van der Waals surface area contributed by atoms with E-state index >= 15 is 0 Å². The first-order chi connectivity index (χ1) is 19.8. The third kappa shape index (κ3) is 4.84. The molecule has 0 saturated carbocycles. The van der Waals surface area contributed by atoms with Gasteiger partial charge in [0.15, 0.2) is 23.2 Å². The van der Waals surface area contributed by atoms with E-state index in [0.717, 1.165) is 16.5 Å². The molecule has 6 rings (SSSR count). The van der Waals surface area contributed by atoms with Crippen molar-refractivity contribution in [2.75, 3.05) is 11.9 Å². The van der Waals surface area contributed by atoms with Crippen LogP contribution in [0.1, 0.15) is 35.1 Å². The summed E-state index contributed by atoms with van der Waals surface area (Å²) in [5.74, 6) is -0.0000815. The smallest absolute Gasteiger partial charge is 0.269 e. The first-order valence-corrected chi connectivity index (χ1v) is 12.8. The lowest BCUT2D eigenvalue weighted by Crippen LogP contribution is -2.46. The number of aromatic amines is 1. The van der Waals surface area contributed by atoms with Crippen molar-refractivity contribution in [1.82, 2.24) is 29.8 Å². The van der Waals surface area contributed by atoms with Gasteiger partial charge in [-0.15, -0.1) is 0 Å². The number of H-pyrrole nitrogens is 1. The van der Waals surface area contributed by atoms with Gasteiger partial charge in [0.1, 0.15) is 24.6 Å². The fourth-order valence-electron chi connectivity index (χ4n) is 5.04. The normalized spacial score (nSPS) is 21.2. The molecule has 4 heterocycles. The van der Waals surface area contributed by atoms with Crippen molar-refractivity contribution in [3.63, 3.8) is 0 Å². The molecule has 41 heavy (non-hydrogen) atoms. The van der Waals surface area contributed by atoms with Crippen molar-refractivity contribution in [3.8, 4) is 0 Å². The molecule has 0 bridgehead atoms. The molecule has 1 aliphatic rings. The second-order valence-corrected chi connectivity index (χ2v) is 9.78. The molecule has 5 N–H and O–H groups in total. The molecule has 0 unspecified atom stereocenters. The number of rotatable bonds is 8. The minimum absolute atomic E-state index is 0.00396. The van der Waals surface area contributed by atoms with E-state index in [9.17, 15) is 25.1 Å². The number of nitrogens with one attached hydrogen (secondary N) is 3. The van der Waals surface area contributed by atoms with Gasteiger partial charge in [-0.05, 0) is 36.8 Å². The molecule has 1 aliphatic heterocycles. The molecular formula is C27H26N8O6. The van der Waals surface area contributed by atoms with Crippen LogP contribution in [0, 0.1) is 10.1 Å². The molecule has 2 aromatic carbocycles. The average molecular weight is 559 g/mol. The first-order valence-electron chi connectivity index (χ1n) is 12.8. The van der Waals surface area contributed by atoms with E-state index in [1.54, 1.807) is 41.1 Å². The highest BCUT2D eigenvalue weighted by Gasteiger charge is 2.46. The number of aromatic nitrogens is 5. The van der Waals surface area contributed by atoms with E-state index < -0.39 is 41.9 Å². The second-order valence-electron chi connectivity index (χ2n) is 9.78. The van der Waals surface area contributed by atoms with Crippen LogP contribution in [0.5, 0.6) is 0 Å². The molecule has 1 amide bonds. The number of amides is 1. The maximum Gasteiger partial charge on any atom is 0.269 e. The Kier molecular flexibility index (Phi) is 6.78. The number of carbonyl (C=O) groups is 1. The van der Waals surface area contributed by atoms with Crippen LogP contribution >= 0.6 is 0 Å². The summed E-state index contributed by atoms with van der Waals surface area (Å²) in [5, 5.41) is 38.7. The van der Waals surface area contributed by atoms with Crippen LogP contribution in [0.3, 0.4) is 0 Å². The van der Waals surface area contributed by atoms with Crippen LogP contribution in [0.2, 0.25) is 0 Å². The Morgan fingerprint density at radius 2 is 2.00 bits per heavy atom. The summed E-state index contributed by atoms with van der Waals surface area (Å²) in [6, 6.07) is 12.1. The highest BCUT2D eigenvalue weighted by Crippen LogP contribution is 2.33. The monoisotopic (exact) mass is 558 g/mol. The number of hydrogen-bond donors (Lipinski definition) is 5. The minimum atomic E-state index is -1.20. The standard InChI is InChI=1S/C27H26N8O6/c1-14(15-2-5-18(6-3-15)35(39)40)32-24-22-25(30-12-29-24)34(13-31-22)27-21(23(37)20(11-36)41-27)33-26(38)17-4-7-19-16(10-17)8-9-28-19/h2-10,12-14,20-21,23,27-28,36-37H,11H2,1H3,(H,33,38)(H,29,30,32)/t14-,20-,21-,23-,27-/m1/s1. The quantitative estimate of drug-likeness (QED) is 0.139. The van der Waals surface area contributed by atoms with Gasteiger partial charge in [0, 0.05) is 34.8 Å². The number of nitro groups is 1. The fourth-order valence-corrected chi connectivity index (χ4v) is 5.04. The number of anilines is 1. The topological polar surface area (TPSA) is 193 Å². The predicted molar refractivity (Wildman–Crippen MR) is 147 cm³/mol. The van der Waals surface area contributed by atoms with Crippen LogP contribution in [-0.4, -0.2) is 70.4 Å². The minimum Gasteiger partial charge on any atom is -0.394 e. The largest absolute Gasteiger partial charge is 0.394 e. The number of nitro benzene ring substituents is 1. The predicted octanol–water partition coefficient (Wildman–Crippen LogP) is 2.44. The summed E-state index contributed by atoms with van der Waals surface area (Å²) in [4.78, 5) is 40.0. The van der Waals surface area contributed by atoms with Crippen LogP contribution in [-0.2, 0) is 4.74 Å². The SMILES string of the molecule is C[C@@H](Nc1ncnc2c1ncn2[C@@H]1O[C@H](CO)[C@@H](O)[C@H]1NC(=O)c1ccc2[nH]ccc2c1)c1ccc([N+](=O)[O-])cc1. The highest BCUT2D eigenvalue weighted by molar-refractivity contribution is 5.98. The number of ether oxygens (including phenoxy) is 1. The molecule has 0 radical (unpaired) electrons. The molecule has 0 aliphatic carbocycles. The first kappa shape index (κ1) is 26.3. The number of non-ortho nitro benzene ring substituents is 1. The van der Waals surface area contributed by atoms with E-state index in [0.29, 0.717) is 22.5 Å². The Morgan fingerprint density at radius 3 is 2.76 bits per heavy atom. The summed E-state index contributed by atoms with van der Waals surface area (Å²) >= 11 is 0. The van der Waals surface area contributed by atoms with E-state index in [-0.39, 0.29) is 11.7 Å². The van der Waals surface area contributed by atoms with Crippen molar-refractivity contribution in [2.45, 2.75) is 37.4 Å². The van der Waals surface area contributed by atoms with Crippen molar-refractivity contribution < 1.29 is 24.7 Å². The molecule has 5 atom stereocenters. The molecule has 210 valence electrons. The van der Waals surface area contributed by atoms with Gasteiger partial charge in [-0.3, -0.25) is 19.5 Å². The van der Waals surface area contributed by atoms with Gasteiger partial charge in [-0.25, -0.2) is 15.0 Å². The number of benzene rings is 2. The van der Waals surface area contributed by atoms with E-state index in [2.05, 4.69) is 30.6 Å². The molecule has 3 aromatic heterocycles. The Labute approximate surface area is 232 Å². The van der Waals surface area contributed by atoms with Gasteiger partial charge in [-0.2, -0.15) is 0 Å². The second kappa shape index (κ2) is 10.6. The van der Waals surface area contributed by atoms with Gasteiger partial charge in [0.05, 0.1) is 23.9 Å². The van der Waals surface area contributed by atoms with Crippen molar-refractivity contribution in [1.29, 1.82) is 0 Å². The lowest BCUT2D eigenvalue weighted by atomic mass is 10.1. The maximum atomic E-state index is 13.2. The molecule has 1 fully saturated rings. The number of aliphatic hydroxyl groups is 2. The van der Waals surface area contributed by atoms with Gasteiger partial charge in [-0.1, -0.05) is 12.1 Å². The van der Waals surface area contributed by atoms with Crippen LogP contribution < -0.4 is 10.6 Å². The number of carbonyl (C=O) groups excluding carboxylic acids is 1. The van der Waals surface area contributed by atoms with Crippen molar-refractivity contribution >= 4 is 39.5 Å². The Bertz CT molecular complexity index is 1740. The molecule has 14 heteroatoms. The number of fused-ring (bicyclic) bond motifs is 2. The summed E-state index contributed by atoms with van der Waals surface area (Å²) < 4.78 is 7.55. The Balaban J connectivity index is 1.27. The number of hydrogen-bond acceptors (Lipinski definition) is 10. The molecule has 1 saturated heterocycles. The average Bonchev–Trinajstić information content (AvgIpc) is 3.70. The lowest BCUT2D eigenvalue weighted by Gasteiger charge is -2.23. The van der Waals surface area contributed by atoms with E-state index in [1.807, 2.05) is 13.0 Å². The number of imidazole rings is 1. The third-order valence-electron chi connectivity index (χ3n) is 7.25. The zero-order chi connectivity index (χ0) is 28.7. The third-order valence-corrected chi connectivity index (χ3v) is 7.25. The fraction of sp³-hybridized carbons (Fsp3) is 0.259. The zero-order valence-electron chi connectivity index (χ0n) is 21.7. The van der Waals surface area contributed by atoms with Gasteiger partial charge < -0.3 is 30.6 Å².